The highest BCUT2D eigenvalue weighted by Gasteiger charge is 2.53. The Balaban J connectivity index is 1.40. The monoisotopic (exact) mass is 364 g/mol. The lowest BCUT2D eigenvalue weighted by atomic mass is 9.53. The maximum Gasteiger partial charge on any atom is 0.294 e. The highest BCUT2D eigenvalue weighted by molar-refractivity contribution is 6.31. The molecule has 4 saturated carbocycles. The van der Waals surface area contributed by atoms with Gasteiger partial charge in [-0.1, -0.05) is 11.6 Å². The van der Waals surface area contributed by atoms with Gasteiger partial charge in [-0.05, 0) is 49.1 Å². The maximum atomic E-state index is 12.4. The number of carbonyl (C=O) groups is 1. The van der Waals surface area contributed by atoms with E-state index in [9.17, 15) is 14.9 Å². The quantitative estimate of drug-likeness (QED) is 0.621. The summed E-state index contributed by atoms with van der Waals surface area (Å²) in [5.74, 6) is 2.31. The first-order chi connectivity index (χ1) is 11.9. The fourth-order valence-corrected chi connectivity index (χ4v) is 5.87. The van der Waals surface area contributed by atoms with Crippen molar-refractivity contribution in [2.45, 2.75) is 44.1 Å². The number of hydrogen-bond acceptors (Lipinski definition) is 3. The molecular formula is C18H23ClN3O3+. The number of nitrogens with one attached hydrogen (secondary N) is 1. The molecule has 0 spiro atoms. The van der Waals surface area contributed by atoms with Crippen LogP contribution in [-0.4, -0.2) is 22.9 Å². The average Bonchev–Trinajstić information content (AvgIpc) is 2.53. The SMILES string of the molecule is O=C(C[NH2+]C12CC3CC(CC(C3)C1)C2)Nc1ccc(Cl)cc1[N+](=O)[O-]. The summed E-state index contributed by atoms with van der Waals surface area (Å²) in [5.41, 5.74) is 0.256. The highest BCUT2D eigenvalue weighted by Crippen LogP contribution is 2.54. The summed E-state index contributed by atoms with van der Waals surface area (Å²) in [6.07, 6.45) is 7.76. The molecule has 4 aliphatic carbocycles. The molecule has 7 heteroatoms. The summed E-state index contributed by atoms with van der Waals surface area (Å²) in [5, 5.41) is 16.3. The third-order valence-corrected chi connectivity index (χ3v) is 6.47. The van der Waals surface area contributed by atoms with Crippen LogP contribution < -0.4 is 10.6 Å². The van der Waals surface area contributed by atoms with Crippen LogP contribution in [0.2, 0.25) is 5.02 Å². The first kappa shape index (κ1) is 16.8. The molecule has 1 amide bonds. The molecule has 0 unspecified atom stereocenters. The van der Waals surface area contributed by atoms with E-state index in [0.717, 1.165) is 17.8 Å². The maximum absolute atomic E-state index is 12.4. The Bertz CT molecular complexity index is 686. The van der Waals surface area contributed by atoms with E-state index >= 15 is 0 Å². The predicted molar refractivity (Wildman–Crippen MR) is 94.4 cm³/mol. The van der Waals surface area contributed by atoms with E-state index in [1.807, 2.05) is 0 Å². The fourth-order valence-electron chi connectivity index (χ4n) is 5.70. The van der Waals surface area contributed by atoms with Crippen molar-refractivity contribution < 1.29 is 15.0 Å². The first-order valence-corrected chi connectivity index (χ1v) is 9.38. The van der Waals surface area contributed by atoms with Crippen LogP contribution in [0.15, 0.2) is 18.2 Å². The van der Waals surface area contributed by atoms with Gasteiger partial charge in [0, 0.05) is 30.4 Å². The van der Waals surface area contributed by atoms with Crippen LogP contribution in [-0.2, 0) is 4.79 Å². The standard InChI is InChI=1S/C18H22ClN3O3/c19-14-1-2-15(16(6-14)22(24)25)21-17(23)10-20-18-7-11-3-12(8-18)5-13(4-11)9-18/h1-2,6,11-13,20H,3-5,7-10H2,(H,21,23)/p+1. The number of nitro benzene ring substituents is 1. The Hall–Kier alpha value is -1.66. The number of halogens is 1. The fraction of sp³-hybridized carbons (Fsp3) is 0.611. The van der Waals surface area contributed by atoms with E-state index in [1.54, 1.807) is 6.07 Å². The van der Waals surface area contributed by atoms with Crippen LogP contribution >= 0.6 is 11.6 Å². The van der Waals surface area contributed by atoms with E-state index in [0.29, 0.717) is 6.54 Å². The summed E-state index contributed by atoms with van der Waals surface area (Å²) >= 11 is 5.81. The predicted octanol–water partition coefficient (Wildman–Crippen LogP) is 2.72. The number of nitrogens with two attached hydrogens (primary N) is 1. The van der Waals surface area contributed by atoms with Crippen molar-refractivity contribution >= 4 is 28.9 Å². The van der Waals surface area contributed by atoms with Gasteiger partial charge in [-0.25, -0.2) is 0 Å². The van der Waals surface area contributed by atoms with E-state index in [2.05, 4.69) is 10.6 Å². The van der Waals surface area contributed by atoms with Gasteiger partial charge in [-0.2, -0.15) is 0 Å². The van der Waals surface area contributed by atoms with Crippen molar-refractivity contribution in [1.82, 2.24) is 0 Å². The number of amides is 1. The molecule has 0 aliphatic heterocycles. The Labute approximate surface area is 151 Å². The van der Waals surface area contributed by atoms with Crippen molar-refractivity contribution in [3.63, 3.8) is 0 Å². The average molecular weight is 365 g/mol. The van der Waals surface area contributed by atoms with Crippen molar-refractivity contribution in [3.05, 3.63) is 33.3 Å². The minimum Gasteiger partial charge on any atom is -0.334 e. The molecule has 134 valence electrons. The largest absolute Gasteiger partial charge is 0.334 e. The summed E-state index contributed by atoms with van der Waals surface area (Å²) in [7, 11) is 0. The van der Waals surface area contributed by atoms with E-state index in [-0.39, 0.29) is 27.8 Å². The number of carbonyl (C=O) groups excluding carboxylic acids is 1. The van der Waals surface area contributed by atoms with E-state index in [1.165, 1.54) is 50.7 Å². The zero-order valence-corrected chi connectivity index (χ0v) is 14.8. The van der Waals surface area contributed by atoms with Crippen molar-refractivity contribution in [3.8, 4) is 0 Å². The van der Waals surface area contributed by atoms with E-state index < -0.39 is 4.92 Å². The smallest absolute Gasteiger partial charge is 0.294 e. The normalized spacial score (nSPS) is 32.6. The second kappa shape index (κ2) is 6.25. The number of anilines is 1. The van der Waals surface area contributed by atoms with Crippen LogP contribution in [0.4, 0.5) is 11.4 Å². The van der Waals surface area contributed by atoms with Gasteiger partial charge < -0.3 is 10.6 Å². The molecule has 0 heterocycles. The van der Waals surface area contributed by atoms with Gasteiger partial charge in [-0.15, -0.1) is 0 Å². The zero-order valence-electron chi connectivity index (χ0n) is 14.0. The summed E-state index contributed by atoms with van der Waals surface area (Å²) < 4.78 is 0. The second-order valence-electron chi connectivity index (χ2n) is 8.15. The number of quaternary nitrogens is 1. The highest BCUT2D eigenvalue weighted by atomic mass is 35.5. The molecule has 1 aromatic rings. The molecule has 0 radical (unpaired) electrons. The summed E-state index contributed by atoms with van der Waals surface area (Å²) in [6, 6.07) is 4.30. The van der Waals surface area contributed by atoms with Crippen LogP contribution in [0.25, 0.3) is 0 Å². The lowest BCUT2D eigenvalue weighted by Crippen LogP contribution is -3.00. The molecule has 4 aliphatic rings. The number of benzene rings is 1. The molecule has 0 atom stereocenters. The Morgan fingerprint density at radius 1 is 1.24 bits per heavy atom. The Kier molecular flexibility index (Phi) is 4.20. The topological polar surface area (TPSA) is 88.8 Å². The van der Waals surface area contributed by atoms with Gasteiger partial charge in [0.15, 0.2) is 6.54 Å². The molecule has 0 saturated heterocycles. The molecule has 25 heavy (non-hydrogen) atoms. The molecule has 1 aromatic carbocycles. The first-order valence-electron chi connectivity index (χ1n) is 9.01. The third-order valence-electron chi connectivity index (χ3n) is 6.24. The number of rotatable bonds is 5. The van der Waals surface area contributed by atoms with Crippen LogP contribution in [0.5, 0.6) is 0 Å². The minimum absolute atomic E-state index is 0.171. The third kappa shape index (κ3) is 3.37. The summed E-state index contributed by atoms with van der Waals surface area (Å²) in [4.78, 5) is 23.0. The molecule has 6 nitrogen and oxygen atoms in total. The van der Waals surface area contributed by atoms with Crippen LogP contribution in [0.1, 0.15) is 38.5 Å². The lowest BCUT2D eigenvalue weighted by Gasteiger charge is -2.54. The van der Waals surface area contributed by atoms with E-state index in [4.69, 9.17) is 11.6 Å². The molecule has 5 rings (SSSR count). The van der Waals surface area contributed by atoms with Crippen LogP contribution in [0, 0.1) is 27.9 Å². The second-order valence-corrected chi connectivity index (χ2v) is 8.59. The summed E-state index contributed by atoms with van der Waals surface area (Å²) in [6.45, 7) is 0.311. The Morgan fingerprint density at radius 2 is 1.84 bits per heavy atom. The lowest BCUT2D eigenvalue weighted by molar-refractivity contribution is -0.729. The number of nitro groups is 1. The van der Waals surface area contributed by atoms with Gasteiger partial charge in [-0.3, -0.25) is 14.9 Å². The van der Waals surface area contributed by atoms with Gasteiger partial charge in [0.1, 0.15) is 5.69 Å². The van der Waals surface area contributed by atoms with Gasteiger partial charge >= 0.3 is 0 Å². The van der Waals surface area contributed by atoms with Gasteiger partial charge in [0.05, 0.1) is 10.5 Å². The Morgan fingerprint density at radius 3 is 2.40 bits per heavy atom. The number of hydrogen-bond donors (Lipinski definition) is 2. The molecule has 3 N–H and O–H groups in total. The molecule has 4 bridgehead atoms. The molecular weight excluding hydrogens is 342 g/mol. The minimum atomic E-state index is -0.524. The van der Waals surface area contributed by atoms with Gasteiger partial charge in [0.25, 0.3) is 11.6 Å². The van der Waals surface area contributed by atoms with Gasteiger partial charge in [0.2, 0.25) is 0 Å². The van der Waals surface area contributed by atoms with Crippen molar-refractivity contribution in [2.24, 2.45) is 17.8 Å². The van der Waals surface area contributed by atoms with Crippen LogP contribution in [0.3, 0.4) is 0 Å². The number of nitrogens with zero attached hydrogens (tertiary/aromatic N) is 1. The zero-order chi connectivity index (χ0) is 17.6. The van der Waals surface area contributed by atoms with Crippen molar-refractivity contribution in [1.29, 1.82) is 0 Å². The molecule has 0 aromatic heterocycles. The van der Waals surface area contributed by atoms with Crippen molar-refractivity contribution in [2.75, 3.05) is 11.9 Å². The molecule has 4 fully saturated rings.